The predicted octanol–water partition coefficient (Wildman–Crippen LogP) is 7.56. The smallest absolute Gasteiger partial charge is 0.264 e. The van der Waals surface area contributed by atoms with Crippen molar-refractivity contribution in [1.29, 1.82) is 0 Å². The molecule has 46 heavy (non-hydrogen) atoms. The van der Waals surface area contributed by atoms with Crippen LogP contribution in [0.25, 0.3) is 0 Å². The molecule has 0 aliphatic carbocycles. The van der Waals surface area contributed by atoms with E-state index in [1.54, 1.807) is 42.5 Å². The van der Waals surface area contributed by atoms with Crippen LogP contribution in [-0.4, -0.2) is 44.3 Å². The van der Waals surface area contributed by atoms with Gasteiger partial charge in [-0.25, -0.2) is 8.42 Å². The molecule has 0 aliphatic heterocycles. The second kappa shape index (κ2) is 15.8. The SMILES string of the molecule is Cc1ccc(S(=O)(=O)N(CC(=O)N(Cc2ccccc2Cl)C(Cc2ccccc2)C(=O)NCC(C)C)c2cccc(Cl)c2Cl)cc1. The van der Waals surface area contributed by atoms with Gasteiger partial charge in [-0.1, -0.05) is 121 Å². The van der Waals surface area contributed by atoms with Gasteiger partial charge in [-0.2, -0.15) is 0 Å². The standard InChI is InChI=1S/C35H36Cl3N3O4S/c1-24(2)21-39-35(43)32(20-26-10-5-4-6-11-26)40(22-27-12-7-8-13-29(27)36)33(42)23-41(31-15-9-14-30(37)34(31)38)46(44,45)28-18-16-25(3)17-19-28/h4-19,24,32H,20-23H2,1-3H3,(H,39,43). The van der Waals surface area contributed by atoms with Crippen LogP contribution < -0.4 is 9.62 Å². The lowest BCUT2D eigenvalue weighted by atomic mass is 10.0. The zero-order valence-corrected chi connectivity index (χ0v) is 28.9. The Labute approximate surface area is 286 Å². The maximum atomic E-state index is 14.6. The number of hydrogen-bond acceptors (Lipinski definition) is 4. The summed E-state index contributed by atoms with van der Waals surface area (Å²) in [5.74, 6) is -0.840. The first-order valence-corrected chi connectivity index (χ1v) is 17.3. The number of aryl methyl sites for hydroxylation is 1. The number of sulfonamides is 1. The Morgan fingerprint density at radius 1 is 0.804 bits per heavy atom. The molecule has 0 aliphatic rings. The summed E-state index contributed by atoms with van der Waals surface area (Å²) in [5.41, 5.74) is 2.32. The summed E-state index contributed by atoms with van der Waals surface area (Å²) in [7, 11) is -4.33. The van der Waals surface area contributed by atoms with Crippen LogP contribution >= 0.6 is 34.8 Å². The monoisotopic (exact) mass is 699 g/mol. The molecule has 1 atom stereocenters. The van der Waals surface area contributed by atoms with Gasteiger partial charge in [0.05, 0.1) is 20.6 Å². The highest BCUT2D eigenvalue weighted by Gasteiger charge is 2.35. The van der Waals surface area contributed by atoms with Crippen LogP contribution in [0.15, 0.2) is 102 Å². The van der Waals surface area contributed by atoms with Crippen molar-refractivity contribution < 1.29 is 18.0 Å². The van der Waals surface area contributed by atoms with E-state index in [4.69, 9.17) is 34.8 Å². The summed E-state index contributed by atoms with van der Waals surface area (Å²) in [5, 5.41) is 3.47. The third kappa shape index (κ3) is 8.82. The van der Waals surface area contributed by atoms with Crippen molar-refractivity contribution in [3.63, 3.8) is 0 Å². The largest absolute Gasteiger partial charge is 0.354 e. The molecule has 0 spiro atoms. The number of halogens is 3. The highest BCUT2D eigenvalue weighted by atomic mass is 35.5. The zero-order chi connectivity index (χ0) is 33.4. The van der Waals surface area contributed by atoms with Crippen LogP contribution in [0, 0.1) is 12.8 Å². The third-order valence-corrected chi connectivity index (χ3v) is 10.3. The highest BCUT2D eigenvalue weighted by Crippen LogP contribution is 2.36. The Morgan fingerprint density at radius 2 is 1.43 bits per heavy atom. The summed E-state index contributed by atoms with van der Waals surface area (Å²) in [6.45, 7) is 5.47. The van der Waals surface area contributed by atoms with E-state index in [-0.39, 0.29) is 45.4 Å². The van der Waals surface area contributed by atoms with Crippen molar-refractivity contribution in [2.45, 2.75) is 44.7 Å². The predicted molar refractivity (Wildman–Crippen MR) is 186 cm³/mol. The zero-order valence-electron chi connectivity index (χ0n) is 25.8. The number of hydrogen-bond donors (Lipinski definition) is 1. The number of benzene rings is 4. The van der Waals surface area contributed by atoms with E-state index in [1.165, 1.54) is 29.2 Å². The molecule has 0 bridgehead atoms. The number of carbonyl (C=O) groups excluding carboxylic acids is 2. The highest BCUT2D eigenvalue weighted by molar-refractivity contribution is 7.92. The molecule has 1 unspecified atom stereocenters. The molecule has 0 heterocycles. The fraction of sp³-hybridized carbons (Fsp3) is 0.257. The molecule has 0 radical (unpaired) electrons. The fourth-order valence-electron chi connectivity index (χ4n) is 4.82. The maximum Gasteiger partial charge on any atom is 0.264 e. The molecule has 11 heteroatoms. The topological polar surface area (TPSA) is 86.8 Å². The van der Waals surface area contributed by atoms with Crippen molar-refractivity contribution in [2.24, 2.45) is 5.92 Å². The van der Waals surface area contributed by atoms with E-state index in [0.29, 0.717) is 17.1 Å². The Balaban J connectivity index is 1.84. The first kappa shape index (κ1) is 35.3. The molecule has 0 aromatic heterocycles. The maximum absolute atomic E-state index is 14.6. The summed E-state index contributed by atoms with van der Waals surface area (Å²) < 4.78 is 29.4. The van der Waals surface area contributed by atoms with E-state index in [0.717, 1.165) is 15.4 Å². The lowest BCUT2D eigenvalue weighted by molar-refractivity contribution is -0.140. The third-order valence-electron chi connectivity index (χ3n) is 7.34. The van der Waals surface area contributed by atoms with E-state index >= 15 is 0 Å². The van der Waals surface area contributed by atoms with Gasteiger partial charge in [0.2, 0.25) is 11.8 Å². The lowest BCUT2D eigenvalue weighted by Gasteiger charge is -2.34. The van der Waals surface area contributed by atoms with Crippen LogP contribution in [-0.2, 0) is 32.6 Å². The number of nitrogens with zero attached hydrogens (tertiary/aromatic N) is 2. The van der Waals surface area contributed by atoms with Gasteiger partial charge in [0.1, 0.15) is 12.6 Å². The van der Waals surface area contributed by atoms with E-state index in [9.17, 15) is 18.0 Å². The number of anilines is 1. The van der Waals surface area contributed by atoms with Gasteiger partial charge in [-0.15, -0.1) is 0 Å². The van der Waals surface area contributed by atoms with Crippen LogP contribution in [0.5, 0.6) is 0 Å². The van der Waals surface area contributed by atoms with Gasteiger partial charge in [-0.3, -0.25) is 13.9 Å². The summed E-state index contributed by atoms with van der Waals surface area (Å²) in [4.78, 5) is 29.8. The average Bonchev–Trinajstić information content (AvgIpc) is 3.03. The molecule has 0 fully saturated rings. The van der Waals surface area contributed by atoms with E-state index in [2.05, 4.69) is 5.32 Å². The number of amides is 2. The van der Waals surface area contributed by atoms with Crippen molar-refractivity contribution in [1.82, 2.24) is 10.2 Å². The molecule has 4 aromatic carbocycles. The van der Waals surface area contributed by atoms with E-state index in [1.807, 2.05) is 51.1 Å². The van der Waals surface area contributed by atoms with Crippen molar-refractivity contribution in [2.75, 3.05) is 17.4 Å². The molecule has 2 amide bonds. The molecule has 242 valence electrons. The van der Waals surface area contributed by atoms with Crippen molar-refractivity contribution >= 4 is 62.3 Å². The molecular weight excluding hydrogens is 665 g/mol. The summed E-state index contributed by atoms with van der Waals surface area (Å²) >= 11 is 19.4. The molecule has 7 nitrogen and oxygen atoms in total. The summed E-state index contributed by atoms with van der Waals surface area (Å²) in [6.07, 6.45) is 0.184. The Hall–Kier alpha value is -3.56. The van der Waals surface area contributed by atoms with Gasteiger partial charge < -0.3 is 10.2 Å². The quantitative estimate of drug-likeness (QED) is 0.156. The Kier molecular flexibility index (Phi) is 12.1. The molecular formula is C35H36Cl3N3O4S. The molecule has 4 rings (SSSR count). The summed E-state index contributed by atoms with van der Waals surface area (Å²) in [6, 6.07) is 26.2. The second-order valence-corrected chi connectivity index (χ2v) is 14.4. The average molecular weight is 701 g/mol. The van der Waals surface area contributed by atoms with Crippen LogP contribution in [0.2, 0.25) is 15.1 Å². The number of carbonyl (C=O) groups is 2. The minimum absolute atomic E-state index is 0.0270. The van der Waals surface area contributed by atoms with Gasteiger partial charge in [0, 0.05) is 24.5 Å². The Bertz CT molecular complexity index is 1770. The Morgan fingerprint density at radius 3 is 2.09 bits per heavy atom. The molecule has 4 aromatic rings. The molecule has 0 saturated carbocycles. The number of rotatable bonds is 13. The normalized spacial score (nSPS) is 12.1. The lowest BCUT2D eigenvalue weighted by Crippen LogP contribution is -2.53. The van der Waals surface area contributed by atoms with E-state index < -0.39 is 28.5 Å². The fourth-order valence-corrected chi connectivity index (χ4v) is 6.89. The minimum Gasteiger partial charge on any atom is -0.354 e. The molecule has 1 N–H and O–H groups in total. The van der Waals surface area contributed by atoms with Crippen LogP contribution in [0.3, 0.4) is 0 Å². The van der Waals surface area contributed by atoms with Crippen molar-refractivity contribution in [3.8, 4) is 0 Å². The van der Waals surface area contributed by atoms with Crippen molar-refractivity contribution in [3.05, 3.63) is 129 Å². The molecule has 0 saturated heterocycles. The second-order valence-electron chi connectivity index (χ2n) is 11.4. The van der Waals surface area contributed by atoms with Gasteiger partial charge in [-0.05, 0) is 54.3 Å². The minimum atomic E-state index is -4.33. The number of nitrogens with one attached hydrogen (secondary N) is 1. The van der Waals surface area contributed by atoms with Gasteiger partial charge in [0.15, 0.2) is 0 Å². The van der Waals surface area contributed by atoms with Gasteiger partial charge >= 0.3 is 0 Å². The van der Waals surface area contributed by atoms with Gasteiger partial charge in [0.25, 0.3) is 10.0 Å². The first-order valence-electron chi connectivity index (χ1n) is 14.8. The first-order chi connectivity index (χ1) is 21.9. The van der Waals surface area contributed by atoms with Crippen LogP contribution in [0.1, 0.15) is 30.5 Å². The van der Waals surface area contributed by atoms with Crippen LogP contribution in [0.4, 0.5) is 5.69 Å².